The number of amides is 1. The van der Waals surface area contributed by atoms with Gasteiger partial charge in [-0.05, 0) is 24.3 Å². The summed E-state index contributed by atoms with van der Waals surface area (Å²) in [5.74, 6) is 0.797. The Hall–Kier alpha value is -1.38. The molecule has 2 fully saturated rings. The maximum absolute atomic E-state index is 12.7. The minimum atomic E-state index is -3.58. The molecule has 0 aliphatic carbocycles. The summed E-state index contributed by atoms with van der Waals surface area (Å²) in [4.78, 5) is 17.5. The minimum Gasteiger partial charge on any atom is -0.379 e. The lowest BCUT2D eigenvalue weighted by atomic mass is 9.92. The number of rotatable bonds is 3. The molecule has 0 bridgehead atoms. The Morgan fingerprint density at radius 1 is 1.21 bits per heavy atom. The molecule has 0 saturated carbocycles. The van der Waals surface area contributed by atoms with Crippen molar-refractivity contribution in [3.63, 3.8) is 0 Å². The van der Waals surface area contributed by atoms with Crippen LogP contribution in [0.5, 0.6) is 0 Å². The first kappa shape index (κ1) is 17.4. The quantitative estimate of drug-likeness (QED) is 0.882. The molecule has 1 aromatic rings. The van der Waals surface area contributed by atoms with Gasteiger partial charge in [0.2, 0.25) is 10.0 Å². The second kappa shape index (κ2) is 6.85. The minimum absolute atomic E-state index is 0.128. The Labute approximate surface area is 143 Å². The molecule has 1 aromatic heterocycles. The normalized spacial score (nSPS) is 26.5. The van der Waals surface area contributed by atoms with Crippen molar-refractivity contribution in [2.75, 3.05) is 39.4 Å². The smallest absolute Gasteiger partial charge is 0.270 e. The van der Waals surface area contributed by atoms with Crippen molar-refractivity contribution in [1.29, 1.82) is 0 Å². The van der Waals surface area contributed by atoms with Gasteiger partial charge in [0.15, 0.2) is 0 Å². The van der Waals surface area contributed by atoms with Crippen LogP contribution in [0.2, 0.25) is 0 Å². The molecule has 2 unspecified atom stereocenters. The van der Waals surface area contributed by atoms with E-state index < -0.39 is 10.0 Å². The molecule has 3 heterocycles. The number of hydrogen-bond donors (Lipinski definition) is 1. The van der Waals surface area contributed by atoms with Crippen molar-refractivity contribution in [1.82, 2.24) is 14.2 Å². The van der Waals surface area contributed by atoms with Crippen LogP contribution >= 0.6 is 0 Å². The van der Waals surface area contributed by atoms with E-state index in [0.29, 0.717) is 56.9 Å². The van der Waals surface area contributed by atoms with Crippen molar-refractivity contribution in [2.45, 2.75) is 25.2 Å². The van der Waals surface area contributed by atoms with Crippen molar-refractivity contribution in [2.24, 2.45) is 11.8 Å². The van der Waals surface area contributed by atoms with Crippen molar-refractivity contribution >= 4 is 15.9 Å². The lowest BCUT2D eigenvalue weighted by molar-refractivity contribution is 0.0618. The fourth-order valence-electron chi connectivity index (χ4n) is 3.58. The standard InChI is InChI=1S/C16H25N3O4S/c1-12-7-13(2)11-18(10-12)16(20)15-8-14(9-17-15)24(21,22)19-3-5-23-6-4-19/h8-9,12-13,17H,3-7,10-11H2,1-2H3. The number of piperidine rings is 1. The van der Waals surface area contributed by atoms with Crippen LogP contribution in [0.25, 0.3) is 0 Å². The molecule has 7 nitrogen and oxygen atoms in total. The molecule has 2 saturated heterocycles. The molecule has 24 heavy (non-hydrogen) atoms. The first-order valence-corrected chi connectivity index (χ1v) is 9.87. The van der Waals surface area contributed by atoms with Crippen LogP contribution in [0.15, 0.2) is 17.2 Å². The van der Waals surface area contributed by atoms with Gasteiger partial charge in [0.05, 0.1) is 13.2 Å². The molecule has 134 valence electrons. The highest BCUT2D eigenvalue weighted by molar-refractivity contribution is 7.89. The maximum atomic E-state index is 12.7. The number of nitrogens with one attached hydrogen (secondary N) is 1. The van der Waals surface area contributed by atoms with Gasteiger partial charge in [-0.3, -0.25) is 4.79 Å². The van der Waals surface area contributed by atoms with E-state index in [9.17, 15) is 13.2 Å². The fourth-order valence-corrected chi connectivity index (χ4v) is 4.98. The molecule has 0 spiro atoms. The Morgan fingerprint density at radius 3 is 2.46 bits per heavy atom. The van der Waals surface area contributed by atoms with Crippen LogP contribution in [-0.4, -0.2) is 67.9 Å². The van der Waals surface area contributed by atoms with E-state index in [-0.39, 0.29) is 10.8 Å². The molecule has 3 rings (SSSR count). The number of aromatic amines is 1. The Bertz CT molecular complexity index is 684. The number of sulfonamides is 1. The molecule has 2 aliphatic heterocycles. The summed E-state index contributed by atoms with van der Waals surface area (Å²) in [6.45, 7) is 7.20. The van der Waals surface area contributed by atoms with E-state index in [2.05, 4.69) is 18.8 Å². The van der Waals surface area contributed by atoms with Gasteiger partial charge in [-0.25, -0.2) is 8.42 Å². The van der Waals surface area contributed by atoms with Gasteiger partial charge >= 0.3 is 0 Å². The Kier molecular flexibility index (Phi) is 4.98. The van der Waals surface area contributed by atoms with Gasteiger partial charge in [0, 0.05) is 32.4 Å². The van der Waals surface area contributed by atoms with Gasteiger partial charge in [-0.15, -0.1) is 0 Å². The van der Waals surface area contributed by atoms with E-state index >= 15 is 0 Å². The number of ether oxygens (including phenoxy) is 1. The zero-order valence-corrected chi connectivity index (χ0v) is 15.0. The SMILES string of the molecule is CC1CC(C)CN(C(=O)c2cc(S(=O)(=O)N3CCOCC3)c[nH]2)C1. The van der Waals surface area contributed by atoms with Gasteiger partial charge in [0.1, 0.15) is 10.6 Å². The summed E-state index contributed by atoms with van der Waals surface area (Å²) in [5.41, 5.74) is 0.336. The number of aromatic nitrogens is 1. The average molecular weight is 355 g/mol. The van der Waals surface area contributed by atoms with E-state index in [1.807, 2.05) is 4.90 Å². The summed E-state index contributed by atoms with van der Waals surface area (Å²) in [6.07, 6.45) is 2.53. The number of carbonyl (C=O) groups is 1. The number of hydrogen-bond acceptors (Lipinski definition) is 4. The molecule has 2 aliphatic rings. The zero-order chi connectivity index (χ0) is 17.3. The Morgan fingerprint density at radius 2 is 1.83 bits per heavy atom. The third-order valence-electron chi connectivity index (χ3n) is 4.65. The van der Waals surface area contributed by atoms with Crippen LogP contribution in [0.3, 0.4) is 0 Å². The number of nitrogens with zero attached hydrogens (tertiary/aromatic N) is 2. The van der Waals surface area contributed by atoms with Gasteiger partial charge < -0.3 is 14.6 Å². The third kappa shape index (κ3) is 3.50. The van der Waals surface area contributed by atoms with E-state index in [4.69, 9.17) is 4.74 Å². The van der Waals surface area contributed by atoms with Gasteiger partial charge in [0.25, 0.3) is 5.91 Å². The summed E-state index contributed by atoms with van der Waals surface area (Å²) in [6, 6.07) is 1.46. The maximum Gasteiger partial charge on any atom is 0.270 e. The van der Waals surface area contributed by atoms with Crippen molar-refractivity contribution in [3.05, 3.63) is 18.0 Å². The zero-order valence-electron chi connectivity index (χ0n) is 14.2. The first-order valence-electron chi connectivity index (χ1n) is 8.43. The second-order valence-corrected chi connectivity index (χ2v) is 8.86. The molecule has 1 N–H and O–H groups in total. The number of morpholine rings is 1. The molecule has 8 heteroatoms. The summed E-state index contributed by atoms with van der Waals surface area (Å²) in [7, 11) is -3.58. The molecule has 0 aromatic carbocycles. The van der Waals surface area contributed by atoms with Crippen LogP contribution in [-0.2, 0) is 14.8 Å². The summed E-state index contributed by atoms with van der Waals surface area (Å²) < 4.78 is 31.9. The van der Waals surface area contributed by atoms with E-state index in [1.54, 1.807) is 0 Å². The highest BCUT2D eigenvalue weighted by Gasteiger charge is 2.30. The van der Waals surface area contributed by atoms with Crippen molar-refractivity contribution in [3.8, 4) is 0 Å². The lowest BCUT2D eigenvalue weighted by Gasteiger charge is -2.34. The highest BCUT2D eigenvalue weighted by atomic mass is 32.2. The predicted molar refractivity (Wildman–Crippen MR) is 89.2 cm³/mol. The average Bonchev–Trinajstić information content (AvgIpc) is 3.05. The molecule has 2 atom stereocenters. The largest absolute Gasteiger partial charge is 0.379 e. The number of carbonyl (C=O) groups excluding carboxylic acids is 1. The van der Waals surface area contributed by atoms with Crippen molar-refractivity contribution < 1.29 is 17.9 Å². The van der Waals surface area contributed by atoms with Gasteiger partial charge in [-0.1, -0.05) is 13.8 Å². The predicted octanol–water partition coefficient (Wildman–Crippen LogP) is 1.15. The monoisotopic (exact) mass is 355 g/mol. The van der Waals surface area contributed by atoms with E-state index in [1.165, 1.54) is 16.6 Å². The molecular formula is C16H25N3O4S. The number of H-pyrrole nitrogens is 1. The van der Waals surface area contributed by atoms with Crippen LogP contribution in [0.4, 0.5) is 0 Å². The lowest BCUT2D eigenvalue weighted by Crippen LogP contribution is -2.42. The third-order valence-corrected chi connectivity index (χ3v) is 6.53. The fraction of sp³-hybridized carbons (Fsp3) is 0.688. The van der Waals surface area contributed by atoms with E-state index in [0.717, 1.165) is 6.42 Å². The topological polar surface area (TPSA) is 82.7 Å². The second-order valence-electron chi connectivity index (χ2n) is 6.92. The Balaban J connectivity index is 1.76. The van der Waals surface area contributed by atoms with Crippen LogP contribution in [0.1, 0.15) is 30.8 Å². The van der Waals surface area contributed by atoms with Crippen LogP contribution < -0.4 is 0 Å². The number of likely N-dealkylation sites (tertiary alicyclic amines) is 1. The first-order chi connectivity index (χ1) is 11.4. The van der Waals surface area contributed by atoms with Gasteiger partial charge in [-0.2, -0.15) is 4.31 Å². The molecule has 0 radical (unpaired) electrons. The highest BCUT2D eigenvalue weighted by Crippen LogP contribution is 2.24. The molecule has 1 amide bonds. The van der Waals surface area contributed by atoms with Crippen LogP contribution in [0, 0.1) is 11.8 Å². The summed E-state index contributed by atoms with van der Waals surface area (Å²) >= 11 is 0. The molecular weight excluding hydrogens is 330 g/mol. The summed E-state index contributed by atoms with van der Waals surface area (Å²) in [5, 5.41) is 0.